The van der Waals surface area contributed by atoms with Crippen LogP contribution in [0, 0.1) is 5.82 Å². The van der Waals surface area contributed by atoms with Crippen LogP contribution in [0.3, 0.4) is 0 Å². The molecule has 164 valence electrons. The Bertz CT molecular complexity index is 1260. The number of nitrogens with zero attached hydrogens (tertiary/aromatic N) is 4. The Balaban J connectivity index is 1.34. The molecule has 4 heterocycles. The predicted molar refractivity (Wildman–Crippen MR) is 122 cm³/mol. The zero-order valence-corrected chi connectivity index (χ0v) is 17.5. The van der Waals surface area contributed by atoms with E-state index in [2.05, 4.69) is 35.5 Å². The molecule has 1 aromatic carbocycles. The molecular weight excluding hydrogens is 411 g/mol. The van der Waals surface area contributed by atoms with Gasteiger partial charge in [-0.3, -0.25) is 0 Å². The Hall–Kier alpha value is -3.92. The molecule has 0 bridgehead atoms. The highest BCUT2D eigenvalue weighted by molar-refractivity contribution is 5.82. The van der Waals surface area contributed by atoms with E-state index in [4.69, 9.17) is 10.5 Å². The van der Waals surface area contributed by atoms with Crippen molar-refractivity contribution in [1.82, 2.24) is 25.3 Å². The summed E-state index contributed by atoms with van der Waals surface area (Å²) in [6, 6.07) is 10.4. The van der Waals surface area contributed by atoms with Crippen LogP contribution in [0.2, 0.25) is 0 Å². The minimum Gasteiger partial charge on any atom is -0.453 e. The quantitative estimate of drug-likeness (QED) is 0.365. The van der Waals surface area contributed by atoms with E-state index in [0.29, 0.717) is 28.9 Å². The van der Waals surface area contributed by atoms with Crippen molar-refractivity contribution in [1.29, 1.82) is 0 Å². The molecule has 5 N–H and O–H groups in total. The largest absolute Gasteiger partial charge is 0.453 e. The number of aromatic amines is 1. The molecule has 0 saturated carbocycles. The van der Waals surface area contributed by atoms with E-state index in [0.717, 1.165) is 30.7 Å². The lowest BCUT2D eigenvalue weighted by atomic mass is 10.2. The highest BCUT2D eigenvalue weighted by atomic mass is 19.1. The molecule has 1 atom stereocenters. The van der Waals surface area contributed by atoms with Gasteiger partial charge in [0.15, 0.2) is 11.6 Å². The first-order chi connectivity index (χ1) is 15.6. The smallest absolute Gasteiger partial charge is 0.223 e. The number of likely N-dealkylation sites (N-methyl/N-ethyl adjacent to an activating group) is 1. The molecule has 1 saturated heterocycles. The van der Waals surface area contributed by atoms with Crippen molar-refractivity contribution in [3.63, 3.8) is 0 Å². The number of hydrogen-bond acceptors (Lipinski definition) is 8. The zero-order valence-electron chi connectivity index (χ0n) is 17.5. The standard InChI is InChI=1S/C22H23FN8O/c1-25-14-6-9-31(12-14)20-11-19(29-22(24)30-20)28-13-2-3-18(16(23)10-13)32-17-5-8-27-21-15(17)4-7-26-21/h2-5,7-8,10-11,14,25H,6,9,12H2,1H3,(H,26,27)(H3,24,28,29,30). The summed E-state index contributed by atoms with van der Waals surface area (Å²) in [6.45, 7) is 1.72. The first-order valence-electron chi connectivity index (χ1n) is 10.3. The monoisotopic (exact) mass is 434 g/mol. The lowest BCUT2D eigenvalue weighted by Gasteiger charge is -2.18. The van der Waals surface area contributed by atoms with Gasteiger partial charge < -0.3 is 31.0 Å². The van der Waals surface area contributed by atoms with Crippen LogP contribution in [-0.2, 0) is 0 Å². The summed E-state index contributed by atoms with van der Waals surface area (Å²) in [5.41, 5.74) is 7.12. The molecule has 1 fully saturated rings. The van der Waals surface area contributed by atoms with Crippen LogP contribution in [0.5, 0.6) is 11.5 Å². The minimum atomic E-state index is -0.505. The normalized spacial score (nSPS) is 15.9. The number of ether oxygens (including phenoxy) is 1. The van der Waals surface area contributed by atoms with Crippen molar-refractivity contribution in [2.45, 2.75) is 12.5 Å². The van der Waals surface area contributed by atoms with Crippen LogP contribution >= 0.6 is 0 Å². The number of fused-ring (bicyclic) bond motifs is 1. The molecule has 3 aromatic heterocycles. The van der Waals surface area contributed by atoms with Crippen molar-refractivity contribution in [2.24, 2.45) is 0 Å². The third-order valence-corrected chi connectivity index (χ3v) is 5.49. The number of hydrogen-bond donors (Lipinski definition) is 4. The van der Waals surface area contributed by atoms with E-state index in [1.165, 1.54) is 6.07 Å². The Morgan fingerprint density at radius 2 is 2.09 bits per heavy atom. The second kappa shape index (κ2) is 8.31. The number of anilines is 4. The third-order valence-electron chi connectivity index (χ3n) is 5.49. The van der Waals surface area contributed by atoms with Gasteiger partial charge in [-0.15, -0.1) is 0 Å². The second-order valence-electron chi connectivity index (χ2n) is 7.61. The number of nitrogen functional groups attached to an aromatic ring is 1. The van der Waals surface area contributed by atoms with Crippen LogP contribution < -0.4 is 26.0 Å². The van der Waals surface area contributed by atoms with Crippen LogP contribution in [0.1, 0.15) is 6.42 Å². The van der Waals surface area contributed by atoms with E-state index in [1.807, 2.05) is 19.2 Å². The SMILES string of the molecule is CNC1CCN(c2cc(Nc3ccc(Oc4ccnc5[nH]ccc45)c(F)c3)nc(N)n2)C1. The zero-order chi connectivity index (χ0) is 22.1. The van der Waals surface area contributed by atoms with Crippen LogP contribution in [0.15, 0.2) is 48.8 Å². The molecule has 5 rings (SSSR count). The summed E-state index contributed by atoms with van der Waals surface area (Å²) >= 11 is 0. The molecule has 0 radical (unpaired) electrons. The molecule has 1 unspecified atom stereocenters. The summed E-state index contributed by atoms with van der Waals surface area (Å²) in [4.78, 5) is 18.0. The third kappa shape index (κ3) is 4.00. The van der Waals surface area contributed by atoms with Gasteiger partial charge in [0.25, 0.3) is 0 Å². The molecule has 1 aliphatic heterocycles. The van der Waals surface area contributed by atoms with Gasteiger partial charge in [-0.2, -0.15) is 9.97 Å². The van der Waals surface area contributed by atoms with E-state index >= 15 is 0 Å². The summed E-state index contributed by atoms with van der Waals surface area (Å²) in [6.07, 6.45) is 4.40. The van der Waals surface area contributed by atoms with Crippen LogP contribution in [0.4, 0.5) is 27.7 Å². The van der Waals surface area contributed by atoms with E-state index in [-0.39, 0.29) is 11.7 Å². The fourth-order valence-electron chi connectivity index (χ4n) is 3.83. The number of rotatable bonds is 6. The first kappa shape index (κ1) is 20.0. The average molecular weight is 434 g/mol. The predicted octanol–water partition coefficient (Wildman–Crippen LogP) is 3.41. The fourth-order valence-corrected chi connectivity index (χ4v) is 3.83. The van der Waals surface area contributed by atoms with E-state index < -0.39 is 5.82 Å². The molecular formula is C22H23FN8O. The molecule has 10 heteroatoms. The summed E-state index contributed by atoms with van der Waals surface area (Å²) in [5, 5.41) is 7.16. The van der Waals surface area contributed by atoms with E-state index in [9.17, 15) is 4.39 Å². The van der Waals surface area contributed by atoms with Gasteiger partial charge in [0, 0.05) is 49.3 Å². The summed E-state index contributed by atoms with van der Waals surface area (Å²) in [7, 11) is 1.95. The first-order valence-corrected chi connectivity index (χ1v) is 10.3. The van der Waals surface area contributed by atoms with Gasteiger partial charge in [0.05, 0.1) is 5.39 Å². The lowest BCUT2D eigenvalue weighted by Crippen LogP contribution is -2.30. The number of benzene rings is 1. The fraction of sp³-hybridized carbons (Fsp3) is 0.227. The van der Waals surface area contributed by atoms with Crippen LogP contribution in [-0.4, -0.2) is 46.1 Å². The average Bonchev–Trinajstić information content (AvgIpc) is 3.45. The molecule has 0 aliphatic carbocycles. The molecule has 4 aromatic rings. The van der Waals surface area contributed by atoms with Crippen molar-refractivity contribution < 1.29 is 9.13 Å². The highest BCUT2D eigenvalue weighted by Gasteiger charge is 2.23. The molecule has 32 heavy (non-hydrogen) atoms. The van der Waals surface area contributed by atoms with Crippen molar-refractivity contribution in [2.75, 3.05) is 36.1 Å². The maximum atomic E-state index is 14.8. The topological polar surface area (TPSA) is 117 Å². The molecule has 0 spiro atoms. The van der Waals surface area contributed by atoms with Gasteiger partial charge in [0.1, 0.15) is 23.0 Å². The number of halogens is 1. The van der Waals surface area contributed by atoms with Crippen molar-refractivity contribution >= 4 is 34.3 Å². The van der Waals surface area contributed by atoms with Gasteiger partial charge in [-0.25, -0.2) is 9.37 Å². The molecule has 0 amide bonds. The Morgan fingerprint density at radius 3 is 2.91 bits per heavy atom. The Morgan fingerprint density at radius 1 is 1.19 bits per heavy atom. The van der Waals surface area contributed by atoms with Gasteiger partial charge >= 0.3 is 0 Å². The van der Waals surface area contributed by atoms with Crippen molar-refractivity contribution in [3.05, 3.63) is 54.6 Å². The van der Waals surface area contributed by atoms with Crippen molar-refractivity contribution in [3.8, 4) is 11.5 Å². The van der Waals surface area contributed by atoms with Gasteiger partial charge in [-0.1, -0.05) is 0 Å². The second-order valence-corrected chi connectivity index (χ2v) is 7.61. The number of nitrogens with one attached hydrogen (secondary N) is 3. The van der Waals surface area contributed by atoms with Gasteiger partial charge in [-0.05, 0) is 37.7 Å². The summed E-state index contributed by atoms with van der Waals surface area (Å²) in [5.74, 6) is 1.53. The van der Waals surface area contributed by atoms with Gasteiger partial charge in [0.2, 0.25) is 5.95 Å². The van der Waals surface area contributed by atoms with E-state index in [1.54, 1.807) is 30.6 Å². The molecule has 1 aliphatic rings. The Kier molecular flexibility index (Phi) is 5.20. The number of aromatic nitrogens is 4. The number of pyridine rings is 1. The number of H-pyrrole nitrogens is 1. The maximum absolute atomic E-state index is 14.8. The molecule has 9 nitrogen and oxygen atoms in total. The summed E-state index contributed by atoms with van der Waals surface area (Å²) < 4.78 is 20.6. The maximum Gasteiger partial charge on any atom is 0.223 e. The van der Waals surface area contributed by atoms with Crippen LogP contribution in [0.25, 0.3) is 11.0 Å². The Labute approximate surface area is 183 Å². The minimum absolute atomic E-state index is 0.113. The number of nitrogens with two attached hydrogens (primary N) is 1. The highest BCUT2D eigenvalue weighted by Crippen LogP contribution is 2.32. The lowest BCUT2D eigenvalue weighted by molar-refractivity contribution is 0.446.